The van der Waals surface area contributed by atoms with Gasteiger partial charge in [0.25, 0.3) is 0 Å². The lowest BCUT2D eigenvalue weighted by Crippen LogP contribution is -2.33. The van der Waals surface area contributed by atoms with Gasteiger partial charge in [0.1, 0.15) is 6.61 Å². The topological polar surface area (TPSA) is 63.7 Å². The molecule has 26 heavy (non-hydrogen) atoms. The molecule has 8 heteroatoms. The van der Waals surface area contributed by atoms with Crippen molar-refractivity contribution in [2.45, 2.75) is 31.4 Å². The van der Waals surface area contributed by atoms with Gasteiger partial charge in [0.2, 0.25) is 10.0 Å². The average molecular weight is 416 g/mol. The van der Waals surface area contributed by atoms with Gasteiger partial charge >= 0.3 is 5.97 Å². The fraction of sp³-hybridized carbons (Fsp3) is 0.278. The monoisotopic (exact) mass is 415 g/mol. The largest absolute Gasteiger partial charge is 0.457 e. The smallest absolute Gasteiger partial charge is 0.340 e. The Bertz CT molecular complexity index is 896. The van der Waals surface area contributed by atoms with Crippen LogP contribution in [-0.2, 0) is 21.4 Å². The highest BCUT2D eigenvalue weighted by Crippen LogP contribution is 2.24. The summed E-state index contributed by atoms with van der Waals surface area (Å²) in [6, 6.07) is 10.6. The number of esters is 1. The zero-order valence-electron chi connectivity index (χ0n) is 14.6. The number of sulfonamides is 1. The predicted molar refractivity (Wildman–Crippen MR) is 102 cm³/mol. The molecule has 0 radical (unpaired) electrons. The van der Waals surface area contributed by atoms with E-state index in [1.165, 1.54) is 29.6 Å². The summed E-state index contributed by atoms with van der Waals surface area (Å²) in [6.07, 6.45) is 0. The van der Waals surface area contributed by atoms with E-state index in [-0.39, 0.29) is 28.1 Å². The number of ether oxygens (including phenoxy) is 1. The maximum Gasteiger partial charge on any atom is 0.340 e. The van der Waals surface area contributed by atoms with Crippen molar-refractivity contribution in [3.8, 4) is 0 Å². The molecule has 0 unspecified atom stereocenters. The molecule has 0 fully saturated rings. The molecular formula is C18H19Cl2NO4S. The Morgan fingerprint density at radius 1 is 1.12 bits per heavy atom. The number of nitrogens with zero attached hydrogens (tertiary/aromatic N) is 1. The Morgan fingerprint density at radius 3 is 2.31 bits per heavy atom. The summed E-state index contributed by atoms with van der Waals surface area (Å²) < 4.78 is 31.6. The first-order valence-electron chi connectivity index (χ1n) is 7.82. The third-order valence-electron chi connectivity index (χ3n) is 3.85. The van der Waals surface area contributed by atoms with Gasteiger partial charge in [0.05, 0.1) is 15.5 Å². The summed E-state index contributed by atoms with van der Waals surface area (Å²) in [5.41, 5.74) is 0.751. The van der Waals surface area contributed by atoms with Gasteiger partial charge in [0.15, 0.2) is 0 Å². The number of hydrogen-bond donors (Lipinski definition) is 0. The molecule has 0 saturated carbocycles. The molecule has 140 valence electrons. The molecule has 0 atom stereocenters. The molecule has 0 N–H and O–H groups in total. The van der Waals surface area contributed by atoms with Crippen LogP contribution in [0, 0.1) is 0 Å². The van der Waals surface area contributed by atoms with Crippen molar-refractivity contribution in [1.82, 2.24) is 4.31 Å². The van der Waals surface area contributed by atoms with Gasteiger partial charge in [-0.25, -0.2) is 13.2 Å². The van der Waals surface area contributed by atoms with E-state index < -0.39 is 16.0 Å². The highest BCUT2D eigenvalue weighted by molar-refractivity contribution is 7.89. The third kappa shape index (κ3) is 4.76. The van der Waals surface area contributed by atoms with Crippen LogP contribution in [0.25, 0.3) is 0 Å². The fourth-order valence-electron chi connectivity index (χ4n) is 2.07. The summed E-state index contributed by atoms with van der Waals surface area (Å²) in [4.78, 5) is 12.3. The molecule has 0 saturated heterocycles. The predicted octanol–water partition coefficient (Wildman–Crippen LogP) is 4.38. The van der Waals surface area contributed by atoms with Gasteiger partial charge in [0, 0.05) is 18.1 Å². The first-order chi connectivity index (χ1) is 12.1. The van der Waals surface area contributed by atoms with E-state index in [1.54, 1.807) is 38.1 Å². The molecular weight excluding hydrogens is 397 g/mol. The molecule has 0 aromatic heterocycles. The Morgan fingerprint density at radius 2 is 1.73 bits per heavy atom. The SMILES string of the molecule is CC(C)N(C)S(=O)(=O)c1ccc(Cl)c(C(=O)OCc2ccc(Cl)cc2)c1. The standard InChI is InChI=1S/C18H19Cl2NO4S/c1-12(2)21(3)26(23,24)15-8-9-17(20)16(10-15)18(22)25-11-13-4-6-14(19)7-5-13/h4-10,12H,11H2,1-3H3. The van der Waals surface area contributed by atoms with Gasteiger partial charge < -0.3 is 4.74 Å². The first-order valence-corrected chi connectivity index (χ1v) is 10.0. The van der Waals surface area contributed by atoms with Crippen LogP contribution >= 0.6 is 23.2 Å². The van der Waals surface area contributed by atoms with Gasteiger partial charge in [-0.15, -0.1) is 0 Å². The summed E-state index contributed by atoms with van der Waals surface area (Å²) in [5, 5.41) is 0.701. The molecule has 2 rings (SSSR count). The van der Waals surface area contributed by atoms with Crippen LogP contribution in [0.15, 0.2) is 47.4 Å². The van der Waals surface area contributed by atoms with Crippen LogP contribution < -0.4 is 0 Å². The second kappa shape index (κ2) is 8.39. The van der Waals surface area contributed by atoms with Crippen molar-refractivity contribution < 1.29 is 17.9 Å². The van der Waals surface area contributed by atoms with E-state index in [0.717, 1.165) is 5.56 Å². The van der Waals surface area contributed by atoms with Crippen molar-refractivity contribution >= 4 is 39.2 Å². The average Bonchev–Trinajstić information content (AvgIpc) is 2.60. The van der Waals surface area contributed by atoms with Crippen LogP contribution in [0.3, 0.4) is 0 Å². The maximum atomic E-state index is 12.6. The summed E-state index contributed by atoms with van der Waals surface area (Å²) in [5.74, 6) is -0.700. The molecule has 5 nitrogen and oxygen atoms in total. The molecule has 0 heterocycles. The van der Waals surface area contributed by atoms with E-state index in [4.69, 9.17) is 27.9 Å². The zero-order chi connectivity index (χ0) is 19.5. The van der Waals surface area contributed by atoms with Crippen LogP contribution in [0.2, 0.25) is 10.0 Å². The molecule has 0 aliphatic rings. The van der Waals surface area contributed by atoms with E-state index in [1.807, 2.05) is 0 Å². The van der Waals surface area contributed by atoms with Crippen molar-refractivity contribution in [3.05, 3.63) is 63.6 Å². The lowest BCUT2D eigenvalue weighted by molar-refractivity contribution is 0.0472. The second-order valence-electron chi connectivity index (χ2n) is 5.96. The van der Waals surface area contributed by atoms with Gasteiger partial charge in [-0.1, -0.05) is 35.3 Å². The summed E-state index contributed by atoms with van der Waals surface area (Å²) >= 11 is 11.9. The number of rotatable bonds is 6. The lowest BCUT2D eigenvalue weighted by Gasteiger charge is -2.21. The van der Waals surface area contributed by atoms with Gasteiger partial charge in [-0.3, -0.25) is 0 Å². The van der Waals surface area contributed by atoms with E-state index in [0.29, 0.717) is 5.02 Å². The Balaban J connectivity index is 2.23. The number of carbonyl (C=O) groups is 1. The molecule has 0 amide bonds. The Hall–Kier alpha value is -1.60. The van der Waals surface area contributed by atoms with Crippen molar-refractivity contribution in [3.63, 3.8) is 0 Å². The minimum absolute atomic E-state index is 0.00105. The molecule has 0 spiro atoms. The van der Waals surface area contributed by atoms with Crippen molar-refractivity contribution in [1.29, 1.82) is 0 Å². The number of carbonyl (C=O) groups excluding carboxylic acids is 1. The molecule has 0 bridgehead atoms. The fourth-order valence-corrected chi connectivity index (χ4v) is 3.79. The van der Waals surface area contributed by atoms with Crippen LogP contribution in [0.1, 0.15) is 29.8 Å². The van der Waals surface area contributed by atoms with Crippen LogP contribution in [-0.4, -0.2) is 31.8 Å². The Labute approximate surface area is 163 Å². The molecule has 0 aliphatic carbocycles. The van der Waals surface area contributed by atoms with Crippen LogP contribution in [0.5, 0.6) is 0 Å². The lowest BCUT2D eigenvalue weighted by atomic mass is 10.2. The van der Waals surface area contributed by atoms with E-state index in [2.05, 4.69) is 0 Å². The maximum absolute atomic E-state index is 12.6. The van der Waals surface area contributed by atoms with Gasteiger partial charge in [-0.2, -0.15) is 4.31 Å². The first kappa shape index (κ1) is 20.7. The van der Waals surface area contributed by atoms with Crippen LogP contribution in [0.4, 0.5) is 0 Å². The van der Waals surface area contributed by atoms with Crippen molar-refractivity contribution in [2.75, 3.05) is 7.05 Å². The highest BCUT2D eigenvalue weighted by Gasteiger charge is 2.25. The minimum Gasteiger partial charge on any atom is -0.457 e. The van der Waals surface area contributed by atoms with E-state index in [9.17, 15) is 13.2 Å². The minimum atomic E-state index is -3.73. The Kier molecular flexibility index (Phi) is 6.69. The quantitative estimate of drug-likeness (QED) is 0.656. The normalized spacial score (nSPS) is 11.8. The second-order valence-corrected chi connectivity index (χ2v) is 8.80. The number of benzene rings is 2. The third-order valence-corrected chi connectivity index (χ3v) is 6.46. The molecule has 0 aliphatic heterocycles. The van der Waals surface area contributed by atoms with Gasteiger partial charge in [-0.05, 0) is 49.7 Å². The highest BCUT2D eigenvalue weighted by atomic mass is 35.5. The zero-order valence-corrected chi connectivity index (χ0v) is 16.9. The number of halogens is 2. The summed E-state index contributed by atoms with van der Waals surface area (Å²) in [6.45, 7) is 3.54. The number of hydrogen-bond acceptors (Lipinski definition) is 4. The molecule has 2 aromatic carbocycles. The summed E-state index contributed by atoms with van der Waals surface area (Å²) in [7, 11) is -2.25. The van der Waals surface area contributed by atoms with Crippen molar-refractivity contribution in [2.24, 2.45) is 0 Å². The van der Waals surface area contributed by atoms with E-state index >= 15 is 0 Å². The molecule has 2 aromatic rings.